The summed E-state index contributed by atoms with van der Waals surface area (Å²) in [6, 6.07) is 15.4. The smallest absolute Gasteiger partial charge is 0.411 e. The van der Waals surface area contributed by atoms with Crippen LogP contribution in [0.5, 0.6) is 0 Å². The molecule has 2 aromatic heterocycles. The van der Waals surface area contributed by atoms with Gasteiger partial charge < -0.3 is 29.1 Å². The normalized spacial score (nSPS) is 20.0. The Balaban J connectivity index is 1.26. The minimum atomic E-state index is -1.41. The number of carbonyl (C=O) groups excluding carboxylic acids is 1. The molecule has 0 aliphatic carbocycles. The Morgan fingerprint density at radius 3 is 2.68 bits per heavy atom. The van der Waals surface area contributed by atoms with Crippen molar-refractivity contribution in [2.75, 3.05) is 26.0 Å². The largest absolute Gasteiger partial charge is 0.446 e. The summed E-state index contributed by atoms with van der Waals surface area (Å²) >= 11 is 0. The maximum absolute atomic E-state index is 13.7. The molecule has 3 N–H and O–H groups in total. The zero-order chi connectivity index (χ0) is 31.4. The Hall–Kier alpha value is -4.92. The fourth-order valence-electron chi connectivity index (χ4n) is 5.00. The summed E-state index contributed by atoms with van der Waals surface area (Å²) in [6.07, 6.45) is -4.45. The minimum absolute atomic E-state index is 0.226. The number of nitrogens with zero attached hydrogens (tertiary/aromatic N) is 6. The van der Waals surface area contributed by atoms with Crippen LogP contribution in [0.3, 0.4) is 0 Å². The number of aromatic nitrogens is 3. The van der Waals surface area contributed by atoms with Crippen molar-refractivity contribution in [3.63, 3.8) is 0 Å². The molecule has 3 heterocycles. The summed E-state index contributed by atoms with van der Waals surface area (Å²) in [5, 5.41) is 28.3. The molecule has 44 heavy (non-hydrogen) atoms. The van der Waals surface area contributed by atoms with E-state index in [4.69, 9.17) is 14.0 Å². The Kier molecular flexibility index (Phi) is 9.13. The van der Waals surface area contributed by atoms with E-state index in [9.17, 15) is 19.4 Å². The van der Waals surface area contributed by atoms with Crippen LogP contribution in [0.4, 0.5) is 20.7 Å². The number of aliphatic hydroxyl groups is 2. The molecule has 1 aliphatic heterocycles. The highest BCUT2D eigenvalue weighted by atomic mass is 19.1. The zero-order valence-corrected chi connectivity index (χ0v) is 24.3. The lowest BCUT2D eigenvalue weighted by Gasteiger charge is -2.21. The molecule has 0 spiro atoms. The van der Waals surface area contributed by atoms with Crippen molar-refractivity contribution < 1.29 is 33.4 Å². The van der Waals surface area contributed by atoms with E-state index in [0.29, 0.717) is 35.2 Å². The average molecular weight is 606 g/mol. The van der Waals surface area contributed by atoms with E-state index < -0.39 is 30.6 Å². The number of nitrogens with one attached hydrogen (secondary N) is 1. The quantitative estimate of drug-likeness (QED) is 0.191. The second kappa shape index (κ2) is 13.2. The summed E-state index contributed by atoms with van der Waals surface area (Å²) in [5.41, 5.74) is 2.58. The molecule has 5 rings (SSSR count). The summed E-state index contributed by atoms with van der Waals surface area (Å²) in [7, 11) is 3.35. The monoisotopic (exact) mass is 605 g/mol. The number of halogens is 1. The molecular formula is C30H32FN7O6. The van der Waals surface area contributed by atoms with Crippen molar-refractivity contribution >= 4 is 30.2 Å². The third kappa shape index (κ3) is 6.22. The van der Waals surface area contributed by atoms with Crippen LogP contribution < -0.4 is 5.32 Å². The fourth-order valence-corrected chi connectivity index (χ4v) is 5.00. The predicted octanol–water partition coefficient (Wildman–Crippen LogP) is 3.69. The van der Waals surface area contributed by atoms with E-state index in [-0.39, 0.29) is 18.2 Å². The Labute approximate surface area is 252 Å². The number of aliphatic hydroxyl groups excluding tert-OH is 2. The third-order valence-corrected chi connectivity index (χ3v) is 7.14. The van der Waals surface area contributed by atoms with Crippen LogP contribution >= 0.6 is 0 Å². The fraction of sp³-hybridized carbons (Fsp3) is 0.300. The number of anilines is 1. The zero-order valence-electron chi connectivity index (χ0n) is 24.3. The van der Waals surface area contributed by atoms with Crippen LogP contribution in [0.25, 0.3) is 11.3 Å². The van der Waals surface area contributed by atoms with E-state index in [0.717, 1.165) is 11.1 Å². The molecule has 0 radical (unpaired) electrons. The van der Waals surface area contributed by atoms with Gasteiger partial charge in [-0.1, -0.05) is 47.6 Å². The molecular weight excluding hydrogens is 573 g/mol. The maximum Gasteiger partial charge on any atom is 0.411 e. The Bertz CT molecular complexity index is 1660. The Morgan fingerprint density at radius 1 is 1.20 bits per heavy atom. The van der Waals surface area contributed by atoms with Gasteiger partial charge in [-0.25, -0.2) is 19.2 Å². The molecule has 0 bridgehead atoms. The number of hydrogen-bond acceptors (Lipinski definition) is 10. The van der Waals surface area contributed by atoms with Gasteiger partial charge >= 0.3 is 6.09 Å². The lowest BCUT2D eigenvalue weighted by molar-refractivity contribution is -0.0530. The number of rotatable bonds is 9. The number of hydrogen-bond donors (Lipinski definition) is 3. The molecule has 1 aliphatic rings. The van der Waals surface area contributed by atoms with Crippen molar-refractivity contribution in [2.24, 2.45) is 9.98 Å². The van der Waals surface area contributed by atoms with E-state index >= 15 is 0 Å². The lowest BCUT2D eigenvalue weighted by atomic mass is 10.1. The first kappa shape index (κ1) is 30.5. The molecule has 230 valence electrons. The van der Waals surface area contributed by atoms with Crippen LogP contribution in [-0.4, -0.2) is 87.5 Å². The van der Waals surface area contributed by atoms with Gasteiger partial charge in [-0.3, -0.25) is 14.9 Å². The van der Waals surface area contributed by atoms with Gasteiger partial charge in [-0.15, -0.1) is 0 Å². The third-order valence-electron chi connectivity index (χ3n) is 7.14. The van der Waals surface area contributed by atoms with Gasteiger partial charge in [0.25, 0.3) is 0 Å². The second-order valence-electron chi connectivity index (χ2n) is 10.1. The number of aliphatic imine (C=N–C) groups is 2. The molecule has 4 aromatic rings. The number of aryl methyl sites for hydroxylation is 1. The average Bonchev–Trinajstić information content (AvgIpc) is 3.68. The first-order chi connectivity index (χ1) is 21.2. The predicted molar refractivity (Wildman–Crippen MR) is 159 cm³/mol. The molecule has 14 heteroatoms. The van der Waals surface area contributed by atoms with Gasteiger partial charge in [0, 0.05) is 26.2 Å². The van der Waals surface area contributed by atoms with Gasteiger partial charge in [0.2, 0.25) is 0 Å². The van der Waals surface area contributed by atoms with Crippen LogP contribution in [0.15, 0.2) is 75.4 Å². The van der Waals surface area contributed by atoms with Gasteiger partial charge in [0.1, 0.15) is 47.8 Å². The molecule has 13 nitrogen and oxygen atoms in total. The van der Waals surface area contributed by atoms with Gasteiger partial charge in [-0.2, -0.15) is 0 Å². The first-order valence-electron chi connectivity index (χ1n) is 13.6. The number of imidazole rings is 1. The van der Waals surface area contributed by atoms with Crippen molar-refractivity contribution in [3.05, 3.63) is 83.8 Å². The molecule has 2 aromatic carbocycles. The molecule has 0 saturated carbocycles. The lowest BCUT2D eigenvalue weighted by Crippen LogP contribution is -2.34. The van der Waals surface area contributed by atoms with Crippen molar-refractivity contribution in [3.8, 4) is 11.3 Å². The SMILES string of the molecule is C=Nc1c(C(=NC)N(C)Cc2cccc(F)c2)ncn1[C@@H]1O[C@H](COC(=O)Nc2c(-c3ccccc3)noc2C)[C@@H](O)[C@H]1O. The van der Waals surface area contributed by atoms with Gasteiger partial charge in [0.05, 0.1) is 6.33 Å². The van der Waals surface area contributed by atoms with Crippen molar-refractivity contribution in [2.45, 2.75) is 38.0 Å². The van der Waals surface area contributed by atoms with Crippen molar-refractivity contribution in [1.82, 2.24) is 19.6 Å². The maximum atomic E-state index is 13.7. The number of carbonyl (C=O) groups is 1. The highest BCUT2D eigenvalue weighted by molar-refractivity contribution is 6.00. The van der Waals surface area contributed by atoms with E-state index in [2.05, 4.69) is 32.2 Å². The minimum Gasteiger partial charge on any atom is -0.446 e. The number of amidine groups is 1. The summed E-state index contributed by atoms with van der Waals surface area (Å²) in [4.78, 5) is 27.3. The highest BCUT2D eigenvalue weighted by Gasteiger charge is 2.45. The molecule has 1 amide bonds. The topological polar surface area (TPSA) is 160 Å². The number of amides is 1. The summed E-state index contributed by atoms with van der Waals surface area (Å²) in [5.74, 6) is 0.684. The second-order valence-corrected chi connectivity index (χ2v) is 10.1. The van der Waals surface area contributed by atoms with E-state index in [1.54, 1.807) is 38.1 Å². The van der Waals surface area contributed by atoms with Crippen LogP contribution in [0.1, 0.15) is 23.2 Å². The van der Waals surface area contributed by atoms with E-state index in [1.807, 2.05) is 30.3 Å². The Morgan fingerprint density at radius 2 is 1.98 bits per heavy atom. The van der Waals surface area contributed by atoms with E-state index in [1.165, 1.54) is 23.0 Å². The number of ether oxygens (including phenoxy) is 2. The molecule has 0 unspecified atom stereocenters. The molecule has 1 saturated heterocycles. The first-order valence-corrected chi connectivity index (χ1v) is 13.6. The standard InChI is InChI=1S/C30H32FN7O6/c1-17-22(23(36-44-17)19-10-6-5-7-11-19)35-30(41)42-15-21-25(39)26(40)29(43-21)38-16-34-24(28(38)33-3)27(32-2)37(4)14-18-9-8-12-20(31)13-18/h5-13,16,21,25-26,29,39-40H,3,14-15H2,1-2,4H3,(H,35,41)/t21-,25-,26-,29-/m1/s1. The summed E-state index contributed by atoms with van der Waals surface area (Å²) < 4.78 is 31.6. The van der Waals surface area contributed by atoms with Gasteiger partial charge in [-0.05, 0) is 31.3 Å². The van der Waals surface area contributed by atoms with Gasteiger partial charge in [0.15, 0.2) is 23.6 Å². The molecule has 4 atom stereocenters. The highest BCUT2D eigenvalue weighted by Crippen LogP contribution is 2.35. The summed E-state index contributed by atoms with van der Waals surface area (Å²) in [6.45, 7) is 5.25. The van der Waals surface area contributed by atoms with Crippen molar-refractivity contribution in [1.29, 1.82) is 0 Å². The van der Waals surface area contributed by atoms with Crippen LogP contribution in [0.2, 0.25) is 0 Å². The van der Waals surface area contributed by atoms with Crippen LogP contribution in [0, 0.1) is 12.7 Å². The molecule has 1 fully saturated rings. The number of benzene rings is 2. The van der Waals surface area contributed by atoms with Crippen LogP contribution in [-0.2, 0) is 16.0 Å².